The fourth-order valence-electron chi connectivity index (χ4n) is 3.49. The number of hydrogen-bond acceptors (Lipinski definition) is 7. The molecule has 0 atom stereocenters. The molecule has 2 aromatic carbocycles. The lowest BCUT2D eigenvalue weighted by Crippen LogP contribution is -2.43. The second-order valence-electron chi connectivity index (χ2n) is 8.59. The molecule has 1 heterocycles. The largest absolute Gasteiger partial charge is 0.493 e. The molecule has 0 unspecified atom stereocenters. The number of methoxy groups -OCH3 is 1. The van der Waals surface area contributed by atoms with Crippen molar-refractivity contribution in [3.05, 3.63) is 57.6 Å². The third-order valence-corrected chi connectivity index (χ3v) is 6.23. The molecule has 198 valence electrons. The minimum atomic E-state index is -0.886. The number of carbonyl (C=O) groups excluding carboxylic acids is 3. The van der Waals surface area contributed by atoms with Gasteiger partial charge in [0.1, 0.15) is 0 Å². The summed E-state index contributed by atoms with van der Waals surface area (Å²) in [5, 5.41) is 6.43. The maximum absolute atomic E-state index is 12.4. The molecule has 2 aromatic rings. The Hall–Kier alpha value is -3.44. The van der Waals surface area contributed by atoms with Crippen molar-refractivity contribution in [3.63, 3.8) is 0 Å². The molecule has 37 heavy (non-hydrogen) atoms. The highest BCUT2D eigenvalue weighted by atomic mass is 79.9. The number of carbonyl (C=O) groups is 3. The first-order valence-corrected chi connectivity index (χ1v) is 12.6. The van der Waals surface area contributed by atoms with E-state index < -0.39 is 11.8 Å². The molecular formula is C26H31BrN4O6. The molecule has 0 saturated carbocycles. The van der Waals surface area contributed by atoms with Gasteiger partial charge >= 0.3 is 11.8 Å². The van der Waals surface area contributed by atoms with Gasteiger partial charge < -0.3 is 24.4 Å². The molecule has 0 radical (unpaired) electrons. The molecule has 0 bridgehead atoms. The number of nitrogens with one attached hydrogen (secondary N) is 2. The Labute approximate surface area is 224 Å². The lowest BCUT2D eigenvalue weighted by atomic mass is 10.0. The third-order valence-electron chi connectivity index (χ3n) is 5.64. The van der Waals surface area contributed by atoms with Crippen LogP contribution in [0, 0.1) is 0 Å². The SMILES string of the molecule is COc1cc(/C=N\NC(=O)C(=O)NCc2ccc(C(C)C)cc2)cc(Br)c1OCC(=O)N1CCOCC1. The van der Waals surface area contributed by atoms with Crippen LogP contribution in [-0.4, -0.2) is 68.9 Å². The number of ether oxygens (including phenoxy) is 3. The van der Waals surface area contributed by atoms with Crippen LogP contribution >= 0.6 is 15.9 Å². The zero-order valence-corrected chi connectivity index (χ0v) is 22.7. The van der Waals surface area contributed by atoms with Gasteiger partial charge in [-0.2, -0.15) is 5.10 Å². The first-order chi connectivity index (χ1) is 17.8. The van der Waals surface area contributed by atoms with Crippen LogP contribution in [-0.2, 0) is 25.7 Å². The fraction of sp³-hybridized carbons (Fsp3) is 0.385. The smallest absolute Gasteiger partial charge is 0.329 e. The summed E-state index contributed by atoms with van der Waals surface area (Å²) in [6.07, 6.45) is 1.37. The van der Waals surface area contributed by atoms with E-state index in [2.05, 4.69) is 45.6 Å². The topological polar surface area (TPSA) is 119 Å². The van der Waals surface area contributed by atoms with Gasteiger partial charge in [0, 0.05) is 19.6 Å². The average Bonchev–Trinajstić information content (AvgIpc) is 2.91. The summed E-state index contributed by atoms with van der Waals surface area (Å²) < 4.78 is 16.9. The molecule has 3 amide bonds. The lowest BCUT2D eigenvalue weighted by Gasteiger charge is -2.26. The summed E-state index contributed by atoms with van der Waals surface area (Å²) in [7, 11) is 1.47. The normalized spacial score (nSPS) is 13.5. The van der Waals surface area contributed by atoms with Crippen molar-refractivity contribution < 1.29 is 28.6 Å². The Bertz CT molecular complexity index is 1130. The molecule has 2 N–H and O–H groups in total. The first-order valence-electron chi connectivity index (χ1n) is 11.8. The maximum atomic E-state index is 12.4. The van der Waals surface area contributed by atoms with Gasteiger partial charge in [-0.3, -0.25) is 14.4 Å². The van der Waals surface area contributed by atoms with E-state index in [1.807, 2.05) is 24.3 Å². The number of halogens is 1. The van der Waals surface area contributed by atoms with Crippen molar-refractivity contribution in [2.24, 2.45) is 5.10 Å². The summed E-state index contributed by atoms with van der Waals surface area (Å²) in [6.45, 7) is 6.39. The van der Waals surface area contributed by atoms with Gasteiger partial charge in [0.15, 0.2) is 18.1 Å². The summed E-state index contributed by atoms with van der Waals surface area (Å²) >= 11 is 3.42. The standard InChI is InChI=1S/C26H31BrN4O6/c1-17(2)20-6-4-18(5-7-20)14-28-25(33)26(34)30-29-15-19-12-21(27)24(22(13-19)35-3)37-16-23(32)31-8-10-36-11-9-31/h4-7,12-13,15,17H,8-11,14,16H2,1-3H3,(H,28,33)(H,30,34)/b29-15-. The summed E-state index contributed by atoms with van der Waals surface area (Å²) in [5.41, 5.74) is 4.87. The van der Waals surface area contributed by atoms with Gasteiger partial charge in [-0.25, -0.2) is 5.43 Å². The highest BCUT2D eigenvalue weighted by Crippen LogP contribution is 2.36. The Morgan fingerprint density at radius 3 is 2.49 bits per heavy atom. The molecule has 11 heteroatoms. The van der Waals surface area contributed by atoms with Crippen LogP contribution in [0.5, 0.6) is 11.5 Å². The quantitative estimate of drug-likeness (QED) is 0.270. The van der Waals surface area contributed by atoms with E-state index in [9.17, 15) is 14.4 Å². The van der Waals surface area contributed by atoms with Gasteiger partial charge in [0.05, 0.1) is 31.0 Å². The monoisotopic (exact) mass is 574 g/mol. The van der Waals surface area contributed by atoms with Crippen molar-refractivity contribution in [3.8, 4) is 11.5 Å². The van der Waals surface area contributed by atoms with E-state index in [1.165, 1.54) is 18.9 Å². The Balaban J connectivity index is 1.51. The van der Waals surface area contributed by atoms with Gasteiger partial charge in [0.25, 0.3) is 5.91 Å². The van der Waals surface area contributed by atoms with Crippen LogP contribution in [0.25, 0.3) is 0 Å². The predicted molar refractivity (Wildman–Crippen MR) is 142 cm³/mol. The van der Waals surface area contributed by atoms with Crippen molar-refractivity contribution in [2.75, 3.05) is 40.0 Å². The highest BCUT2D eigenvalue weighted by Gasteiger charge is 2.19. The van der Waals surface area contributed by atoms with Crippen molar-refractivity contribution in [1.82, 2.24) is 15.6 Å². The molecule has 1 saturated heterocycles. The van der Waals surface area contributed by atoms with Crippen LogP contribution in [0.15, 0.2) is 46.0 Å². The number of amides is 3. The van der Waals surface area contributed by atoms with Crippen LogP contribution in [0.4, 0.5) is 0 Å². The van der Waals surface area contributed by atoms with E-state index in [-0.39, 0.29) is 19.1 Å². The van der Waals surface area contributed by atoms with E-state index in [0.717, 1.165) is 5.56 Å². The summed E-state index contributed by atoms with van der Waals surface area (Å²) in [4.78, 5) is 38.2. The van der Waals surface area contributed by atoms with E-state index in [4.69, 9.17) is 14.2 Å². The van der Waals surface area contributed by atoms with E-state index >= 15 is 0 Å². The molecule has 10 nitrogen and oxygen atoms in total. The number of hydrazone groups is 1. The molecule has 0 aromatic heterocycles. The molecule has 0 aliphatic carbocycles. The van der Waals surface area contributed by atoms with Crippen LogP contribution in [0.3, 0.4) is 0 Å². The first kappa shape index (κ1) is 28.1. The van der Waals surface area contributed by atoms with Crippen molar-refractivity contribution in [2.45, 2.75) is 26.3 Å². The van der Waals surface area contributed by atoms with Crippen LogP contribution in [0.2, 0.25) is 0 Å². The van der Waals surface area contributed by atoms with Crippen LogP contribution < -0.4 is 20.2 Å². The zero-order valence-electron chi connectivity index (χ0n) is 21.1. The van der Waals surface area contributed by atoms with Crippen molar-refractivity contribution >= 4 is 39.9 Å². The zero-order chi connectivity index (χ0) is 26.8. The average molecular weight is 575 g/mol. The molecule has 1 fully saturated rings. The molecule has 1 aliphatic rings. The van der Waals surface area contributed by atoms with Crippen LogP contribution in [0.1, 0.15) is 36.5 Å². The number of rotatable bonds is 9. The predicted octanol–water partition coefficient (Wildman–Crippen LogP) is 2.59. The number of morpholine rings is 1. The van der Waals surface area contributed by atoms with E-state index in [1.54, 1.807) is 17.0 Å². The van der Waals surface area contributed by atoms with E-state index in [0.29, 0.717) is 53.8 Å². The van der Waals surface area contributed by atoms with Gasteiger partial charge in [-0.1, -0.05) is 38.1 Å². The molecule has 0 spiro atoms. The number of benzene rings is 2. The Kier molecular flexibility index (Phi) is 10.5. The minimum absolute atomic E-state index is 0.142. The molecular weight excluding hydrogens is 544 g/mol. The maximum Gasteiger partial charge on any atom is 0.329 e. The number of hydrogen-bond donors (Lipinski definition) is 2. The lowest BCUT2D eigenvalue weighted by molar-refractivity contribution is -0.139. The van der Waals surface area contributed by atoms with Gasteiger partial charge in [-0.05, 0) is 50.7 Å². The molecule has 1 aliphatic heterocycles. The second-order valence-corrected chi connectivity index (χ2v) is 9.45. The Morgan fingerprint density at radius 2 is 1.84 bits per heavy atom. The van der Waals surface area contributed by atoms with Crippen molar-refractivity contribution in [1.29, 1.82) is 0 Å². The fourth-order valence-corrected chi connectivity index (χ4v) is 4.07. The van der Waals surface area contributed by atoms with Gasteiger partial charge in [-0.15, -0.1) is 0 Å². The molecule has 3 rings (SSSR count). The van der Waals surface area contributed by atoms with Gasteiger partial charge in [0.2, 0.25) is 0 Å². The number of nitrogens with zero attached hydrogens (tertiary/aromatic N) is 2. The minimum Gasteiger partial charge on any atom is -0.493 e. The summed E-state index contributed by atoms with van der Waals surface area (Å²) in [5.74, 6) is -0.665. The third kappa shape index (κ3) is 8.29. The Morgan fingerprint density at radius 1 is 1.14 bits per heavy atom. The highest BCUT2D eigenvalue weighted by molar-refractivity contribution is 9.10. The summed E-state index contributed by atoms with van der Waals surface area (Å²) in [6, 6.07) is 11.2. The second kappa shape index (κ2) is 13.8.